The van der Waals surface area contributed by atoms with Crippen LogP contribution >= 0.6 is 0 Å². The summed E-state index contributed by atoms with van der Waals surface area (Å²) >= 11 is 0. The number of ether oxygens (including phenoxy) is 1. The van der Waals surface area contributed by atoms with E-state index in [1.807, 2.05) is 49.9 Å². The maximum Gasteiger partial charge on any atom is 0.246 e. The number of anilines is 1. The molecule has 0 spiro atoms. The van der Waals surface area contributed by atoms with E-state index in [-0.39, 0.29) is 12.0 Å². The van der Waals surface area contributed by atoms with E-state index in [1.54, 1.807) is 6.08 Å². The van der Waals surface area contributed by atoms with Crippen LogP contribution in [0.25, 0.3) is 0 Å². The summed E-state index contributed by atoms with van der Waals surface area (Å²) in [6.07, 6.45) is 3.52. The quantitative estimate of drug-likeness (QED) is 0.795. The maximum absolute atomic E-state index is 12.1. The summed E-state index contributed by atoms with van der Waals surface area (Å²) < 4.78 is 5.87. The molecule has 120 valence electrons. The molecule has 0 aliphatic carbocycles. The summed E-state index contributed by atoms with van der Waals surface area (Å²) in [7, 11) is 3.83. The summed E-state index contributed by atoms with van der Waals surface area (Å²) in [6, 6.07) is 3.69. The maximum atomic E-state index is 12.1. The Bertz CT molecular complexity index is 536. The molecule has 1 unspecified atom stereocenters. The molecule has 1 saturated heterocycles. The molecular formula is C16H24N4O2. The Morgan fingerprint density at radius 3 is 2.73 bits per heavy atom. The number of nitrogens with zero attached hydrogens (tertiary/aromatic N) is 4. The van der Waals surface area contributed by atoms with Crippen molar-refractivity contribution in [1.29, 1.82) is 0 Å². The molecule has 0 aromatic carbocycles. The number of allylic oxidation sites excluding steroid dienone is 1. The van der Waals surface area contributed by atoms with Gasteiger partial charge in [-0.05, 0) is 32.8 Å². The molecule has 6 heteroatoms. The predicted octanol–water partition coefficient (Wildman–Crippen LogP) is 1.88. The third-order valence-corrected chi connectivity index (χ3v) is 3.47. The third-order valence-electron chi connectivity index (χ3n) is 3.47. The van der Waals surface area contributed by atoms with Gasteiger partial charge >= 0.3 is 0 Å². The van der Waals surface area contributed by atoms with Gasteiger partial charge in [0.2, 0.25) is 11.8 Å². The Hall–Kier alpha value is -2.11. The number of likely N-dealkylation sites (tertiary alicyclic amines) is 1. The molecule has 1 aliphatic rings. The van der Waals surface area contributed by atoms with E-state index >= 15 is 0 Å². The standard InChI is InChI=1S/C16H24N4O2/c1-12(2)10-16(21)20-9-5-6-13(11-20)22-15-8-7-14(17-18-15)19(3)4/h7-8,10,13H,5-6,9,11H2,1-4H3. The third kappa shape index (κ3) is 4.44. The zero-order valence-electron chi connectivity index (χ0n) is 13.7. The van der Waals surface area contributed by atoms with Crippen LogP contribution in [0.15, 0.2) is 23.8 Å². The Morgan fingerprint density at radius 2 is 2.14 bits per heavy atom. The molecule has 1 fully saturated rings. The van der Waals surface area contributed by atoms with Crippen molar-refractivity contribution >= 4 is 11.7 Å². The number of rotatable bonds is 4. The molecule has 1 amide bonds. The summed E-state index contributed by atoms with van der Waals surface area (Å²) in [5.74, 6) is 1.35. The fraction of sp³-hybridized carbons (Fsp3) is 0.562. The smallest absolute Gasteiger partial charge is 0.246 e. The highest BCUT2D eigenvalue weighted by molar-refractivity contribution is 5.88. The molecule has 0 saturated carbocycles. The van der Waals surface area contributed by atoms with E-state index in [1.165, 1.54) is 0 Å². The first kappa shape index (κ1) is 16.3. The van der Waals surface area contributed by atoms with Gasteiger partial charge in [-0.15, -0.1) is 10.2 Å². The van der Waals surface area contributed by atoms with Crippen LogP contribution in [-0.2, 0) is 4.79 Å². The average molecular weight is 304 g/mol. The average Bonchev–Trinajstić information content (AvgIpc) is 2.47. The zero-order chi connectivity index (χ0) is 16.1. The molecule has 1 atom stereocenters. The topological polar surface area (TPSA) is 58.6 Å². The first-order valence-electron chi connectivity index (χ1n) is 7.57. The van der Waals surface area contributed by atoms with Crippen molar-refractivity contribution in [3.8, 4) is 5.88 Å². The monoisotopic (exact) mass is 304 g/mol. The van der Waals surface area contributed by atoms with Gasteiger partial charge in [0.05, 0.1) is 6.54 Å². The van der Waals surface area contributed by atoms with Gasteiger partial charge in [0.25, 0.3) is 0 Å². The number of carbonyl (C=O) groups is 1. The molecule has 1 aromatic heterocycles. The van der Waals surface area contributed by atoms with Gasteiger partial charge in [0, 0.05) is 32.8 Å². The number of aromatic nitrogens is 2. The Labute approximate surface area is 131 Å². The van der Waals surface area contributed by atoms with Crippen molar-refractivity contribution in [2.24, 2.45) is 0 Å². The number of carbonyl (C=O) groups excluding carboxylic acids is 1. The fourth-order valence-corrected chi connectivity index (χ4v) is 2.36. The summed E-state index contributed by atoms with van der Waals surface area (Å²) in [5, 5.41) is 8.18. The number of piperidine rings is 1. The normalized spacial score (nSPS) is 17.8. The van der Waals surface area contributed by atoms with Crippen LogP contribution in [0.1, 0.15) is 26.7 Å². The lowest BCUT2D eigenvalue weighted by Crippen LogP contribution is -2.43. The predicted molar refractivity (Wildman–Crippen MR) is 86.0 cm³/mol. The van der Waals surface area contributed by atoms with Gasteiger partial charge in [-0.1, -0.05) is 5.57 Å². The van der Waals surface area contributed by atoms with E-state index in [0.717, 1.165) is 30.8 Å². The van der Waals surface area contributed by atoms with Crippen molar-refractivity contribution in [2.45, 2.75) is 32.8 Å². The molecular weight excluding hydrogens is 280 g/mol. The van der Waals surface area contributed by atoms with Crippen molar-refractivity contribution in [1.82, 2.24) is 15.1 Å². The largest absolute Gasteiger partial charge is 0.471 e. The minimum absolute atomic E-state index is 0.0252. The van der Waals surface area contributed by atoms with Crippen LogP contribution in [-0.4, -0.2) is 54.3 Å². The van der Waals surface area contributed by atoms with Crippen LogP contribution in [0.2, 0.25) is 0 Å². The van der Waals surface area contributed by atoms with Crippen molar-refractivity contribution in [3.05, 3.63) is 23.8 Å². The van der Waals surface area contributed by atoms with Gasteiger partial charge in [0.15, 0.2) is 5.82 Å². The number of hydrogen-bond acceptors (Lipinski definition) is 5. The molecule has 0 N–H and O–H groups in total. The molecule has 1 aromatic rings. The number of hydrogen-bond donors (Lipinski definition) is 0. The second kappa shape index (κ2) is 7.24. The Morgan fingerprint density at radius 1 is 1.36 bits per heavy atom. The summed E-state index contributed by atoms with van der Waals surface area (Å²) in [4.78, 5) is 15.8. The molecule has 2 rings (SSSR count). The van der Waals surface area contributed by atoms with Gasteiger partial charge in [-0.3, -0.25) is 4.79 Å². The summed E-state index contributed by atoms with van der Waals surface area (Å²) in [5.41, 5.74) is 1.01. The molecule has 2 heterocycles. The van der Waals surface area contributed by atoms with Gasteiger partial charge in [-0.2, -0.15) is 0 Å². The van der Waals surface area contributed by atoms with Crippen LogP contribution < -0.4 is 9.64 Å². The minimum Gasteiger partial charge on any atom is -0.471 e. The Kier molecular flexibility index (Phi) is 5.35. The lowest BCUT2D eigenvalue weighted by Gasteiger charge is -2.32. The SMILES string of the molecule is CC(C)=CC(=O)N1CCCC(Oc2ccc(N(C)C)nn2)C1. The van der Waals surface area contributed by atoms with Crippen molar-refractivity contribution in [3.63, 3.8) is 0 Å². The van der Waals surface area contributed by atoms with Crippen LogP contribution in [0, 0.1) is 0 Å². The minimum atomic E-state index is -0.0252. The lowest BCUT2D eigenvalue weighted by atomic mass is 10.1. The summed E-state index contributed by atoms with van der Waals surface area (Å²) in [6.45, 7) is 5.24. The van der Waals surface area contributed by atoms with E-state index < -0.39 is 0 Å². The molecule has 0 radical (unpaired) electrons. The van der Waals surface area contributed by atoms with Crippen LogP contribution in [0.4, 0.5) is 5.82 Å². The second-order valence-corrected chi connectivity index (χ2v) is 6.01. The van der Waals surface area contributed by atoms with E-state index in [4.69, 9.17) is 4.74 Å². The van der Waals surface area contributed by atoms with E-state index in [2.05, 4.69) is 10.2 Å². The van der Waals surface area contributed by atoms with Gasteiger partial charge in [-0.25, -0.2) is 0 Å². The van der Waals surface area contributed by atoms with E-state index in [9.17, 15) is 4.79 Å². The van der Waals surface area contributed by atoms with Crippen molar-refractivity contribution in [2.75, 3.05) is 32.1 Å². The highest BCUT2D eigenvalue weighted by Crippen LogP contribution is 2.18. The fourth-order valence-electron chi connectivity index (χ4n) is 2.36. The van der Waals surface area contributed by atoms with E-state index in [0.29, 0.717) is 12.4 Å². The molecule has 22 heavy (non-hydrogen) atoms. The lowest BCUT2D eigenvalue weighted by molar-refractivity contribution is -0.128. The zero-order valence-corrected chi connectivity index (χ0v) is 13.7. The van der Waals surface area contributed by atoms with Crippen LogP contribution in [0.5, 0.6) is 5.88 Å². The van der Waals surface area contributed by atoms with Crippen LogP contribution in [0.3, 0.4) is 0 Å². The first-order valence-corrected chi connectivity index (χ1v) is 7.57. The first-order chi connectivity index (χ1) is 10.5. The molecule has 0 bridgehead atoms. The molecule has 1 aliphatic heterocycles. The Balaban J connectivity index is 1.95. The highest BCUT2D eigenvalue weighted by Gasteiger charge is 2.24. The highest BCUT2D eigenvalue weighted by atomic mass is 16.5. The second-order valence-electron chi connectivity index (χ2n) is 6.01. The van der Waals surface area contributed by atoms with Crippen molar-refractivity contribution < 1.29 is 9.53 Å². The van der Waals surface area contributed by atoms with Gasteiger partial charge in [0.1, 0.15) is 6.10 Å². The molecule has 6 nitrogen and oxygen atoms in total. The number of amides is 1. The van der Waals surface area contributed by atoms with Gasteiger partial charge < -0.3 is 14.5 Å².